The fourth-order valence-corrected chi connectivity index (χ4v) is 2.75. The first-order valence-corrected chi connectivity index (χ1v) is 7.04. The van der Waals surface area contributed by atoms with Gasteiger partial charge in [-0.05, 0) is 19.8 Å². The maximum absolute atomic E-state index is 12.0. The van der Waals surface area contributed by atoms with Gasteiger partial charge in [0.1, 0.15) is 5.01 Å². The standard InChI is InChI=1S/C12H17N3O3S/c1-12(10(16)17)3-2-5-15(8-12)11(18)14-7-9-13-4-6-19-9/h4,6H,2-3,5,7-8H2,1H3,(H,14,18)(H,16,17). The summed E-state index contributed by atoms with van der Waals surface area (Å²) < 4.78 is 0. The molecule has 7 heteroatoms. The van der Waals surface area contributed by atoms with Gasteiger partial charge in [-0.3, -0.25) is 4.79 Å². The second-order valence-electron chi connectivity index (χ2n) is 4.98. The van der Waals surface area contributed by atoms with Gasteiger partial charge < -0.3 is 15.3 Å². The molecule has 2 heterocycles. The topological polar surface area (TPSA) is 82.5 Å². The highest BCUT2D eigenvalue weighted by atomic mass is 32.1. The van der Waals surface area contributed by atoms with E-state index in [1.54, 1.807) is 18.0 Å². The minimum absolute atomic E-state index is 0.220. The Kier molecular flexibility index (Phi) is 4.04. The van der Waals surface area contributed by atoms with Crippen LogP contribution >= 0.6 is 11.3 Å². The van der Waals surface area contributed by atoms with Crippen LogP contribution in [0.2, 0.25) is 0 Å². The largest absolute Gasteiger partial charge is 0.481 e. The number of urea groups is 1. The molecule has 19 heavy (non-hydrogen) atoms. The molecule has 0 bridgehead atoms. The lowest BCUT2D eigenvalue weighted by Gasteiger charge is -2.37. The van der Waals surface area contributed by atoms with Crippen LogP contribution in [-0.2, 0) is 11.3 Å². The van der Waals surface area contributed by atoms with Crippen LogP contribution in [0.3, 0.4) is 0 Å². The van der Waals surface area contributed by atoms with E-state index in [-0.39, 0.29) is 12.6 Å². The van der Waals surface area contributed by atoms with Gasteiger partial charge in [0, 0.05) is 24.7 Å². The van der Waals surface area contributed by atoms with Crippen molar-refractivity contribution in [2.75, 3.05) is 13.1 Å². The third-order valence-corrected chi connectivity index (χ3v) is 4.15. The van der Waals surface area contributed by atoms with E-state index in [2.05, 4.69) is 10.3 Å². The Morgan fingerprint density at radius 2 is 2.42 bits per heavy atom. The summed E-state index contributed by atoms with van der Waals surface area (Å²) in [6.07, 6.45) is 3.01. The fraction of sp³-hybridized carbons (Fsp3) is 0.583. The molecule has 0 aromatic carbocycles. The van der Waals surface area contributed by atoms with Gasteiger partial charge in [-0.25, -0.2) is 9.78 Å². The molecule has 2 N–H and O–H groups in total. The molecule has 2 amide bonds. The average molecular weight is 283 g/mol. The normalized spacial score (nSPS) is 23.1. The summed E-state index contributed by atoms with van der Waals surface area (Å²) in [4.78, 5) is 28.9. The number of aromatic nitrogens is 1. The number of rotatable bonds is 3. The van der Waals surface area contributed by atoms with Crippen molar-refractivity contribution in [3.05, 3.63) is 16.6 Å². The molecule has 1 fully saturated rings. The summed E-state index contributed by atoms with van der Waals surface area (Å²) in [7, 11) is 0. The first kappa shape index (κ1) is 13.8. The Labute approximate surface area is 115 Å². The summed E-state index contributed by atoms with van der Waals surface area (Å²) in [6, 6.07) is -0.220. The van der Waals surface area contributed by atoms with Gasteiger partial charge in [0.2, 0.25) is 0 Å². The number of hydrogen-bond acceptors (Lipinski definition) is 4. The summed E-state index contributed by atoms with van der Waals surface area (Å²) in [5, 5.41) is 14.7. The number of nitrogens with one attached hydrogen (secondary N) is 1. The lowest BCUT2D eigenvalue weighted by Crippen LogP contribution is -2.51. The molecule has 1 aliphatic rings. The number of nitrogens with zero attached hydrogens (tertiary/aromatic N) is 2. The third-order valence-electron chi connectivity index (χ3n) is 3.37. The molecule has 0 radical (unpaired) electrons. The molecule has 2 rings (SSSR count). The molecule has 1 atom stereocenters. The monoisotopic (exact) mass is 283 g/mol. The van der Waals surface area contributed by atoms with Gasteiger partial charge in [-0.1, -0.05) is 0 Å². The Bertz CT molecular complexity index is 463. The van der Waals surface area contributed by atoms with E-state index in [1.807, 2.05) is 5.38 Å². The molecule has 0 saturated carbocycles. The number of likely N-dealkylation sites (tertiary alicyclic amines) is 1. The minimum atomic E-state index is -0.843. The molecule has 104 valence electrons. The highest BCUT2D eigenvalue weighted by Gasteiger charge is 2.39. The van der Waals surface area contributed by atoms with Crippen LogP contribution in [0, 0.1) is 5.41 Å². The van der Waals surface area contributed by atoms with Crippen molar-refractivity contribution < 1.29 is 14.7 Å². The van der Waals surface area contributed by atoms with E-state index in [4.69, 9.17) is 0 Å². The number of carboxylic acids is 1. The van der Waals surface area contributed by atoms with Crippen LogP contribution in [0.15, 0.2) is 11.6 Å². The zero-order valence-corrected chi connectivity index (χ0v) is 11.6. The average Bonchev–Trinajstić information content (AvgIpc) is 2.89. The first-order valence-electron chi connectivity index (χ1n) is 6.16. The summed E-state index contributed by atoms with van der Waals surface area (Å²) >= 11 is 1.48. The van der Waals surface area contributed by atoms with Gasteiger partial charge in [0.15, 0.2) is 0 Å². The maximum Gasteiger partial charge on any atom is 0.317 e. The number of carboxylic acid groups (broad SMARTS) is 1. The van der Waals surface area contributed by atoms with Crippen LogP contribution < -0.4 is 5.32 Å². The van der Waals surface area contributed by atoms with Crippen molar-refractivity contribution in [3.8, 4) is 0 Å². The van der Waals surface area contributed by atoms with Gasteiger partial charge in [-0.2, -0.15) is 0 Å². The number of carbonyl (C=O) groups excluding carboxylic acids is 1. The first-order chi connectivity index (χ1) is 9.01. The van der Waals surface area contributed by atoms with Crippen molar-refractivity contribution >= 4 is 23.3 Å². The Balaban J connectivity index is 1.90. The lowest BCUT2D eigenvalue weighted by molar-refractivity contribution is -0.150. The molecular weight excluding hydrogens is 266 g/mol. The molecule has 1 aliphatic heterocycles. The van der Waals surface area contributed by atoms with Crippen molar-refractivity contribution in [1.29, 1.82) is 0 Å². The zero-order valence-electron chi connectivity index (χ0n) is 10.8. The summed E-state index contributed by atoms with van der Waals surface area (Å²) in [6.45, 7) is 2.94. The fourth-order valence-electron chi connectivity index (χ4n) is 2.19. The maximum atomic E-state index is 12.0. The van der Waals surface area contributed by atoms with Crippen LogP contribution in [0.4, 0.5) is 4.79 Å². The Hall–Kier alpha value is -1.63. The second-order valence-corrected chi connectivity index (χ2v) is 5.95. The number of thiazole rings is 1. The van der Waals surface area contributed by atoms with Gasteiger partial charge in [0.25, 0.3) is 0 Å². The highest BCUT2D eigenvalue weighted by Crippen LogP contribution is 2.29. The number of aliphatic carboxylic acids is 1. The van der Waals surface area contributed by atoms with Crippen LogP contribution in [0.25, 0.3) is 0 Å². The minimum Gasteiger partial charge on any atom is -0.481 e. The van der Waals surface area contributed by atoms with E-state index < -0.39 is 11.4 Å². The predicted molar refractivity (Wildman–Crippen MR) is 70.9 cm³/mol. The molecular formula is C12H17N3O3S. The molecule has 1 aromatic rings. The summed E-state index contributed by atoms with van der Waals surface area (Å²) in [5.74, 6) is -0.843. The van der Waals surface area contributed by atoms with E-state index >= 15 is 0 Å². The number of piperidine rings is 1. The van der Waals surface area contributed by atoms with Gasteiger partial charge in [0.05, 0.1) is 12.0 Å². The molecule has 0 aliphatic carbocycles. The number of amides is 2. The van der Waals surface area contributed by atoms with Crippen molar-refractivity contribution in [1.82, 2.24) is 15.2 Å². The lowest BCUT2D eigenvalue weighted by atomic mass is 9.82. The Morgan fingerprint density at radius 3 is 3.05 bits per heavy atom. The molecule has 1 aromatic heterocycles. The number of hydrogen-bond donors (Lipinski definition) is 2. The summed E-state index contributed by atoms with van der Waals surface area (Å²) in [5.41, 5.74) is -0.837. The van der Waals surface area contributed by atoms with E-state index in [0.717, 1.165) is 5.01 Å². The molecule has 1 saturated heterocycles. The van der Waals surface area contributed by atoms with Gasteiger partial charge in [-0.15, -0.1) is 11.3 Å². The van der Waals surface area contributed by atoms with E-state index in [9.17, 15) is 14.7 Å². The highest BCUT2D eigenvalue weighted by molar-refractivity contribution is 7.09. The van der Waals surface area contributed by atoms with Crippen LogP contribution in [0.5, 0.6) is 0 Å². The zero-order chi connectivity index (χ0) is 13.9. The quantitative estimate of drug-likeness (QED) is 0.881. The third kappa shape index (κ3) is 3.23. The predicted octanol–water partition coefficient (Wildman–Crippen LogP) is 1.54. The smallest absolute Gasteiger partial charge is 0.317 e. The molecule has 0 spiro atoms. The Morgan fingerprint density at radius 1 is 1.63 bits per heavy atom. The van der Waals surface area contributed by atoms with Crippen LogP contribution in [0.1, 0.15) is 24.8 Å². The number of carbonyl (C=O) groups is 2. The molecule has 6 nitrogen and oxygen atoms in total. The van der Waals surface area contributed by atoms with Crippen molar-refractivity contribution in [3.63, 3.8) is 0 Å². The molecule has 1 unspecified atom stereocenters. The van der Waals surface area contributed by atoms with Crippen LogP contribution in [-0.4, -0.2) is 40.1 Å². The van der Waals surface area contributed by atoms with Crippen molar-refractivity contribution in [2.45, 2.75) is 26.3 Å². The second kappa shape index (κ2) is 5.56. The SMILES string of the molecule is CC1(C(=O)O)CCCN(C(=O)NCc2nccs2)C1. The van der Waals surface area contributed by atoms with Crippen molar-refractivity contribution in [2.24, 2.45) is 5.41 Å². The van der Waals surface area contributed by atoms with E-state index in [1.165, 1.54) is 11.3 Å². The van der Waals surface area contributed by atoms with E-state index in [0.29, 0.717) is 25.9 Å². The van der Waals surface area contributed by atoms with Gasteiger partial charge >= 0.3 is 12.0 Å².